The fraction of sp³-hybridized carbons (Fsp3) is 0. The Kier molecular flexibility index (Phi) is 2.33. The zero-order valence-corrected chi connectivity index (χ0v) is 8.71. The first-order valence-electron chi connectivity index (χ1n) is 3.49. The topological polar surface area (TPSA) is 38.9 Å². The summed E-state index contributed by atoms with van der Waals surface area (Å²) in [5.74, 6) is 0.484. The third kappa shape index (κ3) is 1.73. The number of hydrogen-bond donors (Lipinski definition) is 0. The number of nitrogens with zero attached hydrogens (tertiary/aromatic N) is 2. The molecule has 66 valence electrons. The van der Waals surface area contributed by atoms with Crippen molar-refractivity contribution in [2.24, 2.45) is 0 Å². The summed E-state index contributed by atoms with van der Waals surface area (Å²) in [7, 11) is 0. The SMILES string of the molecule is Clc1ccc(-c2nnco2)cc1Br. The van der Waals surface area contributed by atoms with Crippen LogP contribution < -0.4 is 0 Å². The summed E-state index contributed by atoms with van der Waals surface area (Å²) in [6.45, 7) is 0. The lowest BCUT2D eigenvalue weighted by Gasteiger charge is -1.97. The van der Waals surface area contributed by atoms with Gasteiger partial charge in [0.1, 0.15) is 0 Å². The highest BCUT2D eigenvalue weighted by Gasteiger charge is 2.05. The van der Waals surface area contributed by atoms with E-state index in [2.05, 4.69) is 26.1 Å². The molecule has 0 radical (unpaired) electrons. The van der Waals surface area contributed by atoms with Crippen LogP contribution in [0.15, 0.2) is 33.5 Å². The fourth-order valence-corrected chi connectivity index (χ4v) is 1.42. The minimum atomic E-state index is 0.484. The first-order valence-corrected chi connectivity index (χ1v) is 4.66. The number of aromatic nitrogens is 2. The maximum absolute atomic E-state index is 5.83. The molecule has 13 heavy (non-hydrogen) atoms. The van der Waals surface area contributed by atoms with Gasteiger partial charge in [0.2, 0.25) is 12.3 Å². The Morgan fingerprint density at radius 3 is 2.85 bits per heavy atom. The summed E-state index contributed by atoms with van der Waals surface area (Å²) in [4.78, 5) is 0. The van der Waals surface area contributed by atoms with Gasteiger partial charge in [0, 0.05) is 10.0 Å². The van der Waals surface area contributed by atoms with Crippen molar-refractivity contribution in [1.29, 1.82) is 0 Å². The molecule has 0 atom stereocenters. The molecular formula is C8H4BrClN2O. The van der Waals surface area contributed by atoms with Crippen LogP contribution in [0.5, 0.6) is 0 Å². The summed E-state index contributed by atoms with van der Waals surface area (Å²) in [6, 6.07) is 5.42. The van der Waals surface area contributed by atoms with Crippen molar-refractivity contribution in [3.8, 4) is 11.5 Å². The van der Waals surface area contributed by atoms with E-state index < -0.39 is 0 Å². The Morgan fingerprint density at radius 1 is 1.38 bits per heavy atom. The largest absolute Gasteiger partial charge is 0.423 e. The maximum atomic E-state index is 5.83. The summed E-state index contributed by atoms with van der Waals surface area (Å²) in [5.41, 5.74) is 0.841. The third-order valence-corrected chi connectivity index (χ3v) is 2.74. The zero-order valence-electron chi connectivity index (χ0n) is 6.37. The molecule has 0 N–H and O–H groups in total. The van der Waals surface area contributed by atoms with E-state index in [1.807, 2.05) is 12.1 Å². The smallest absolute Gasteiger partial charge is 0.247 e. The predicted octanol–water partition coefficient (Wildman–Crippen LogP) is 3.15. The van der Waals surface area contributed by atoms with E-state index >= 15 is 0 Å². The van der Waals surface area contributed by atoms with Crippen molar-refractivity contribution >= 4 is 27.5 Å². The Bertz CT molecular complexity index is 416. The Morgan fingerprint density at radius 2 is 2.23 bits per heavy atom. The second-order valence-electron chi connectivity index (χ2n) is 2.37. The van der Waals surface area contributed by atoms with Crippen LogP contribution >= 0.6 is 27.5 Å². The molecule has 5 heteroatoms. The monoisotopic (exact) mass is 258 g/mol. The number of hydrogen-bond acceptors (Lipinski definition) is 3. The maximum Gasteiger partial charge on any atom is 0.247 e. The first kappa shape index (κ1) is 8.72. The molecule has 0 spiro atoms. The number of halogens is 2. The summed E-state index contributed by atoms with van der Waals surface area (Å²) in [5, 5.41) is 8.02. The Hall–Kier alpha value is -0.870. The van der Waals surface area contributed by atoms with E-state index in [-0.39, 0.29) is 0 Å². The van der Waals surface area contributed by atoms with E-state index in [0.717, 1.165) is 10.0 Å². The highest BCUT2D eigenvalue weighted by molar-refractivity contribution is 9.10. The van der Waals surface area contributed by atoms with Gasteiger partial charge in [0.05, 0.1) is 5.02 Å². The van der Waals surface area contributed by atoms with Crippen LogP contribution in [0.1, 0.15) is 0 Å². The van der Waals surface area contributed by atoms with Crippen molar-refractivity contribution < 1.29 is 4.42 Å². The summed E-state index contributed by atoms with van der Waals surface area (Å²) >= 11 is 9.14. The van der Waals surface area contributed by atoms with Gasteiger partial charge in [-0.15, -0.1) is 10.2 Å². The van der Waals surface area contributed by atoms with E-state index in [1.165, 1.54) is 6.39 Å². The van der Waals surface area contributed by atoms with Gasteiger partial charge in [-0.1, -0.05) is 11.6 Å². The molecule has 0 aliphatic carbocycles. The normalized spacial score (nSPS) is 10.3. The molecule has 0 unspecified atom stereocenters. The number of benzene rings is 1. The Labute approximate surface area is 87.9 Å². The fourth-order valence-electron chi connectivity index (χ4n) is 0.928. The molecular weight excluding hydrogens is 255 g/mol. The highest BCUT2D eigenvalue weighted by atomic mass is 79.9. The first-order chi connectivity index (χ1) is 6.27. The molecule has 1 aromatic carbocycles. The lowest BCUT2D eigenvalue weighted by atomic mass is 10.2. The van der Waals surface area contributed by atoms with Gasteiger partial charge in [0.25, 0.3) is 0 Å². The molecule has 3 nitrogen and oxygen atoms in total. The lowest BCUT2D eigenvalue weighted by molar-refractivity contribution is 0.568. The van der Waals surface area contributed by atoms with Gasteiger partial charge < -0.3 is 4.42 Å². The van der Waals surface area contributed by atoms with Crippen LogP contribution in [-0.4, -0.2) is 10.2 Å². The Balaban J connectivity index is 2.49. The minimum Gasteiger partial charge on any atom is -0.423 e. The van der Waals surface area contributed by atoms with E-state index in [4.69, 9.17) is 16.0 Å². The molecule has 0 fully saturated rings. The highest BCUT2D eigenvalue weighted by Crippen LogP contribution is 2.27. The van der Waals surface area contributed by atoms with Crippen LogP contribution in [-0.2, 0) is 0 Å². The van der Waals surface area contributed by atoms with E-state index in [9.17, 15) is 0 Å². The van der Waals surface area contributed by atoms with Gasteiger partial charge >= 0.3 is 0 Å². The minimum absolute atomic E-state index is 0.484. The molecule has 0 saturated carbocycles. The predicted molar refractivity (Wildman–Crippen MR) is 52.4 cm³/mol. The molecule has 0 saturated heterocycles. The average Bonchev–Trinajstić information content (AvgIpc) is 2.62. The van der Waals surface area contributed by atoms with E-state index in [0.29, 0.717) is 10.9 Å². The van der Waals surface area contributed by atoms with Gasteiger partial charge in [0.15, 0.2) is 0 Å². The molecule has 0 bridgehead atoms. The van der Waals surface area contributed by atoms with Crippen molar-refractivity contribution in [1.82, 2.24) is 10.2 Å². The van der Waals surface area contributed by atoms with Gasteiger partial charge in [-0.05, 0) is 34.1 Å². The van der Waals surface area contributed by atoms with Crippen LogP contribution in [0.2, 0.25) is 5.02 Å². The lowest BCUT2D eigenvalue weighted by Crippen LogP contribution is -1.78. The number of rotatable bonds is 1. The van der Waals surface area contributed by atoms with E-state index in [1.54, 1.807) is 6.07 Å². The summed E-state index contributed by atoms with van der Waals surface area (Å²) < 4.78 is 5.84. The van der Waals surface area contributed by atoms with Gasteiger partial charge in [-0.2, -0.15) is 0 Å². The molecule has 0 amide bonds. The van der Waals surface area contributed by atoms with Crippen molar-refractivity contribution in [2.75, 3.05) is 0 Å². The van der Waals surface area contributed by atoms with Crippen LogP contribution in [0.3, 0.4) is 0 Å². The molecule has 1 aromatic heterocycles. The second kappa shape index (κ2) is 3.47. The average molecular weight is 259 g/mol. The quantitative estimate of drug-likeness (QED) is 0.790. The molecule has 1 heterocycles. The molecule has 2 rings (SSSR count). The zero-order chi connectivity index (χ0) is 9.26. The van der Waals surface area contributed by atoms with Gasteiger partial charge in [-0.3, -0.25) is 0 Å². The van der Waals surface area contributed by atoms with Crippen LogP contribution in [0, 0.1) is 0 Å². The van der Waals surface area contributed by atoms with Crippen LogP contribution in [0.25, 0.3) is 11.5 Å². The third-order valence-electron chi connectivity index (χ3n) is 1.53. The standard InChI is InChI=1S/C8H4BrClN2O/c9-6-3-5(1-2-7(6)10)8-12-11-4-13-8/h1-4H. The van der Waals surface area contributed by atoms with Gasteiger partial charge in [-0.25, -0.2) is 0 Å². The van der Waals surface area contributed by atoms with Crippen molar-refractivity contribution in [3.63, 3.8) is 0 Å². The second-order valence-corrected chi connectivity index (χ2v) is 3.63. The van der Waals surface area contributed by atoms with Crippen molar-refractivity contribution in [2.45, 2.75) is 0 Å². The molecule has 0 aliphatic heterocycles. The summed E-state index contributed by atoms with van der Waals surface area (Å²) in [6.07, 6.45) is 1.29. The van der Waals surface area contributed by atoms with Crippen LogP contribution in [0.4, 0.5) is 0 Å². The molecule has 2 aromatic rings. The molecule has 0 aliphatic rings. The van der Waals surface area contributed by atoms with Crippen molar-refractivity contribution in [3.05, 3.63) is 34.1 Å².